The molecule has 0 aliphatic carbocycles. The zero-order valence-electron chi connectivity index (χ0n) is 16.4. The maximum absolute atomic E-state index is 13.0. The third-order valence-electron chi connectivity index (χ3n) is 4.73. The summed E-state index contributed by atoms with van der Waals surface area (Å²) in [5.41, 5.74) is 0.857. The summed E-state index contributed by atoms with van der Waals surface area (Å²) in [7, 11) is -2.18. The van der Waals surface area contributed by atoms with Crippen LogP contribution in [-0.2, 0) is 19.6 Å². The molecular weight excluding hydrogens is 368 g/mol. The first-order valence-corrected chi connectivity index (χ1v) is 10.8. The highest BCUT2D eigenvalue weighted by Gasteiger charge is 2.33. The summed E-state index contributed by atoms with van der Waals surface area (Å²) < 4.78 is 37.9. The number of sulfonamides is 1. The van der Waals surface area contributed by atoms with Crippen molar-refractivity contribution in [2.75, 3.05) is 40.0 Å². The number of amides is 1. The van der Waals surface area contributed by atoms with E-state index in [0.717, 1.165) is 12.0 Å². The minimum atomic E-state index is -3.64. The van der Waals surface area contributed by atoms with Gasteiger partial charge in [-0.25, -0.2) is 8.42 Å². The van der Waals surface area contributed by atoms with Crippen LogP contribution in [0.5, 0.6) is 5.75 Å². The number of ether oxygens (including phenoxy) is 2. The van der Waals surface area contributed by atoms with Crippen molar-refractivity contribution in [2.24, 2.45) is 5.92 Å². The number of nitrogens with one attached hydrogen (secondary N) is 1. The number of hydrogen-bond donors (Lipinski definition) is 1. The standard InChI is InChI=1S/C19H30N2O5S/c1-4-26-13-5-10-20-19(22)16-8-11-21(12-9-16)27(23,24)18-14-15(2)6-7-17(18)25-3/h6-7,14,16H,4-5,8-13H2,1-3H3,(H,20,22). The van der Waals surface area contributed by atoms with Gasteiger partial charge in [0.25, 0.3) is 0 Å². The number of benzene rings is 1. The van der Waals surface area contributed by atoms with Gasteiger partial charge in [-0.15, -0.1) is 0 Å². The lowest BCUT2D eigenvalue weighted by molar-refractivity contribution is -0.126. The van der Waals surface area contributed by atoms with Crippen molar-refractivity contribution in [3.63, 3.8) is 0 Å². The Bertz CT molecular complexity index is 728. The number of piperidine rings is 1. The summed E-state index contributed by atoms with van der Waals surface area (Å²) in [4.78, 5) is 12.4. The summed E-state index contributed by atoms with van der Waals surface area (Å²) in [5, 5.41) is 2.92. The molecule has 27 heavy (non-hydrogen) atoms. The summed E-state index contributed by atoms with van der Waals surface area (Å²) in [5.74, 6) is 0.189. The fourth-order valence-electron chi connectivity index (χ4n) is 3.16. The molecule has 7 nitrogen and oxygen atoms in total. The highest BCUT2D eigenvalue weighted by Crippen LogP contribution is 2.30. The van der Waals surface area contributed by atoms with Gasteiger partial charge in [0.05, 0.1) is 7.11 Å². The smallest absolute Gasteiger partial charge is 0.246 e. The van der Waals surface area contributed by atoms with Gasteiger partial charge in [-0.2, -0.15) is 4.31 Å². The highest BCUT2D eigenvalue weighted by atomic mass is 32.2. The molecule has 1 N–H and O–H groups in total. The van der Waals surface area contributed by atoms with Crippen LogP contribution < -0.4 is 10.1 Å². The second kappa shape index (κ2) is 10.1. The summed E-state index contributed by atoms with van der Waals surface area (Å²) in [6.45, 7) is 6.33. The van der Waals surface area contributed by atoms with Gasteiger partial charge in [0.15, 0.2) is 0 Å². The second-order valence-corrected chi connectivity index (χ2v) is 8.58. The first kappa shape index (κ1) is 21.7. The molecule has 1 amide bonds. The lowest BCUT2D eigenvalue weighted by atomic mass is 9.97. The van der Waals surface area contributed by atoms with Crippen LogP contribution in [0.4, 0.5) is 0 Å². The van der Waals surface area contributed by atoms with Crippen molar-refractivity contribution in [1.82, 2.24) is 9.62 Å². The van der Waals surface area contributed by atoms with Crippen molar-refractivity contribution >= 4 is 15.9 Å². The Labute approximate surface area is 162 Å². The summed E-state index contributed by atoms with van der Waals surface area (Å²) in [6.07, 6.45) is 1.81. The Balaban J connectivity index is 1.93. The molecule has 0 bridgehead atoms. The predicted octanol–water partition coefficient (Wildman–Crippen LogP) is 1.95. The molecule has 8 heteroatoms. The molecule has 1 fully saturated rings. The van der Waals surface area contributed by atoms with Gasteiger partial charge >= 0.3 is 0 Å². The first-order valence-electron chi connectivity index (χ1n) is 9.40. The average Bonchev–Trinajstić information content (AvgIpc) is 2.67. The van der Waals surface area contributed by atoms with Crippen molar-refractivity contribution in [3.8, 4) is 5.75 Å². The minimum absolute atomic E-state index is 0.00307. The van der Waals surface area contributed by atoms with Crippen LogP contribution in [0.15, 0.2) is 23.1 Å². The first-order chi connectivity index (χ1) is 12.9. The number of nitrogens with zero attached hydrogens (tertiary/aromatic N) is 1. The van der Waals surface area contributed by atoms with Crippen LogP contribution in [0.3, 0.4) is 0 Å². The number of rotatable bonds is 9. The van der Waals surface area contributed by atoms with Crippen LogP contribution in [0, 0.1) is 12.8 Å². The molecule has 1 aromatic rings. The molecule has 0 aromatic heterocycles. The second-order valence-electron chi connectivity index (χ2n) is 6.67. The molecular formula is C19H30N2O5S. The average molecular weight is 399 g/mol. The maximum Gasteiger partial charge on any atom is 0.246 e. The molecule has 0 atom stereocenters. The van der Waals surface area contributed by atoms with Crippen molar-refractivity contribution in [2.45, 2.75) is 38.0 Å². The Kier molecular flexibility index (Phi) is 8.07. The molecule has 1 aliphatic heterocycles. The number of methoxy groups -OCH3 is 1. The van der Waals surface area contributed by atoms with Crippen LogP contribution in [0.25, 0.3) is 0 Å². The molecule has 152 valence electrons. The van der Waals surface area contributed by atoms with E-state index in [9.17, 15) is 13.2 Å². The summed E-state index contributed by atoms with van der Waals surface area (Å²) >= 11 is 0. The fraction of sp³-hybridized carbons (Fsp3) is 0.632. The predicted molar refractivity (Wildman–Crippen MR) is 103 cm³/mol. The minimum Gasteiger partial charge on any atom is -0.495 e. The van der Waals surface area contributed by atoms with Crippen molar-refractivity contribution in [3.05, 3.63) is 23.8 Å². The number of aryl methyl sites for hydroxylation is 1. The number of carbonyl (C=O) groups excluding carboxylic acids is 1. The molecule has 1 heterocycles. The van der Waals surface area contributed by atoms with Crippen LogP contribution in [-0.4, -0.2) is 58.6 Å². The molecule has 0 saturated carbocycles. The van der Waals surface area contributed by atoms with E-state index in [1.54, 1.807) is 12.1 Å². The van der Waals surface area contributed by atoms with E-state index in [1.807, 2.05) is 19.9 Å². The van der Waals surface area contributed by atoms with Gasteiger partial charge in [0, 0.05) is 38.8 Å². The Morgan fingerprint density at radius 2 is 2.00 bits per heavy atom. The molecule has 0 unspecified atom stereocenters. The molecule has 2 rings (SSSR count). The van der Waals surface area contributed by atoms with E-state index >= 15 is 0 Å². The van der Waals surface area contributed by atoms with Gasteiger partial charge in [0.1, 0.15) is 10.6 Å². The zero-order chi connectivity index (χ0) is 19.9. The van der Waals surface area contributed by atoms with E-state index < -0.39 is 10.0 Å². The Hall–Kier alpha value is -1.64. The molecule has 1 aliphatic rings. The van der Waals surface area contributed by atoms with E-state index in [1.165, 1.54) is 11.4 Å². The van der Waals surface area contributed by atoms with Crippen molar-refractivity contribution < 1.29 is 22.7 Å². The fourth-order valence-corrected chi connectivity index (χ4v) is 4.87. The monoisotopic (exact) mass is 398 g/mol. The number of carbonyl (C=O) groups is 1. The van der Waals surface area contributed by atoms with E-state index in [4.69, 9.17) is 9.47 Å². The Morgan fingerprint density at radius 1 is 1.30 bits per heavy atom. The lowest BCUT2D eigenvalue weighted by Gasteiger charge is -2.31. The number of hydrogen-bond acceptors (Lipinski definition) is 5. The zero-order valence-corrected chi connectivity index (χ0v) is 17.2. The molecule has 0 radical (unpaired) electrons. The summed E-state index contributed by atoms with van der Waals surface area (Å²) in [6, 6.07) is 5.12. The van der Waals surface area contributed by atoms with Gasteiger partial charge in [-0.1, -0.05) is 6.07 Å². The van der Waals surface area contributed by atoms with Crippen LogP contribution in [0.2, 0.25) is 0 Å². The van der Waals surface area contributed by atoms with Crippen LogP contribution in [0.1, 0.15) is 31.7 Å². The lowest BCUT2D eigenvalue weighted by Crippen LogP contribution is -2.43. The molecule has 1 aromatic carbocycles. The highest BCUT2D eigenvalue weighted by molar-refractivity contribution is 7.89. The van der Waals surface area contributed by atoms with E-state index in [2.05, 4.69) is 5.32 Å². The molecule has 0 spiro atoms. The van der Waals surface area contributed by atoms with E-state index in [-0.39, 0.29) is 16.7 Å². The SMILES string of the molecule is CCOCCCNC(=O)C1CCN(S(=O)(=O)c2cc(C)ccc2OC)CC1. The normalized spacial score (nSPS) is 16.3. The third-order valence-corrected chi connectivity index (χ3v) is 6.65. The van der Waals surface area contributed by atoms with E-state index in [0.29, 0.717) is 51.4 Å². The third kappa shape index (κ3) is 5.67. The van der Waals surface area contributed by atoms with Gasteiger partial charge in [-0.3, -0.25) is 4.79 Å². The van der Waals surface area contributed by atoms with Gasteiger partial charge < -0.3 is 14.8 Å². The topological polar surface area (TPSA) is 84.9 Å². The molecule has 1 saturated heterocycles. The van der Waals surface area contributed by atoms with Crippen LogP contribution >= 0.6 is 0 Å². The van der Waals surface area contributed by atoms with Gasteiger partial charge in [0.2, 0.25) is 15.9 Å². The maximum atomic E-state index is 13.0. The van der Waals surface area contributed by atoms with Gasteiger partial charge in [-0.05, 0) is 50.8 Å². The van der Waals surface area contributed by atoms with Crippen molar-refractivity contribution in [1.29, 1.82) is 0 Å². The Morgan fingerprint density at radius 3 is 2.63 bits per heavy atom. The quantitative estimate of drug-likeness (QED) is 0.643. The largest absolute Gasteiger partial charge is 0.495 e.